The van der Waals surface area contributed by atoms with Gasteiger partial charge in [0.05, 0.1) is 11.4 Å². The average molecular weight is 344 g/mol. The summed E-state index contributed by atoms with van der Waals surface area (Å²) in [6.07, 6.45) is 1.49. The molecule has 102 valence electrons. The minimum Gasteiger partial charge on any atom is -0.278 e. The van der Waals surface area contributed by atoms with Crippen LogP contribution in [-0.2, 0) is 17.1 Å². The highest BCUT2D eigenvalue weighted by Crippen LogP contribution is 2.26. The topological polar surface area (TPSA) is 64.0 Å². The number of aromatic nitrogens is 2. The fourth-order valence-corrected chi connectivity index (χ4v) is 3.77. The maximum Gasteiger partial charge on any atom is 0.265 e. The number of nitrogens with zero attached hydrogens (tertiary/aromatic N) is 2. The molecule has 0 radical (unpaired) electrons. The molecule has 7 heteroatoms. The number of hydrogen-bond acceptors (Lipinski definition) is 3. The average Bonchev–Trinajstić information content (AvgIpc) is 2.63. The van der Waals surface area contributed by atoms with Gasteiger partial charge in [0.15, 0.2) is 0 Å². The molecular weight excluding hydrogens is 330 g/mol. The molecule has 0 atom stereocenters. The van der Waals surface area contributed by atoms with E-state index in [0.29, 0.717) is 15.9 Å². The van der Waals surface area contributed by atoms with E-state index in [2.05, 4.69) is 25.8 Å². The summed E-state index contributed by atoms with van der Waals surface area (Å²) in [6.45, 7) is 3.60. The van der Waals surface area contributed by atoms with Crippen molar-refractivity contribution in [2.75, 3.05) is 4.72 Å². The maximum absolute atomic E-state index is 12.3. The molecule has 2 rings (SSSR count). The third-order valence-corrected chi connectivity index (χ3v) is 4.75. The van der Waals surface area contributed by atoms with Crippen molar-refractivity contribution in [3.8, 4) is 0 Å². The van der Waals surface area contributed by atoms with Crippen LogP contribution in [0.15, 0.2) is 33.8 Å². The minimum absolute atomic E-state index is 0.183. The van der Waals surface area contributed by atoms with Gasteiger partial charge < -0.3 is 0 Å². The van der Waals surface area contributed by atoms with Crippen molar-refractivity contribution in [1.82, 2.24) is 9.78 Å². The first kappa shape index (κ1) is 14.1. The smallest absolute Gasteiger partial charge is 0.265 e. The molecular formula is C12H14BrN3O2S. The Kier molecular flexibility index (Phi) is 3.69. The quantitative estimate of drug-likeness (QED) is 0.931. The maximum atomic E-state index is 12.3. The van der Waals surface area contributed by atoms with Gasteiger partial charge in [-0.1, -0.05) is 6.07 Å². The Morgan fingerprint density at radius 2 is 2.00 bits per heavy atom. The van der Waals surface area contributed by atoms with Gasteiger partial charge in [0.1, 0.15) is 4.90 Å². The monoisotopic (exact) mass is 343 g/mol. The van der Waals surface area contributed by atoms with Gasteiger partial charge in [-0.05, 0) is 47.5 Å². The zero-order valence-corrected chi connectivity index (χ0v) is 13.2. The van der Waals surface area contributed by atoms with Crippen LogP contribution in [0.1, 0.15) is 11.3 Å². The van der Waals surface area contributed by atoms with Crippen molar-refractivity contribution in [3.63, 3.8) is 0 Å². The lowest BCUT2D eigenvalue weighted by atomic mass is 10.2. The van der Waals surface area contributed by atoms with Gasteiger partial charge in [-0.3, -0.25) is 9.40 Å². The highest BCUT2D eigenvalue weighted by molar-refractivity contribution is 9.10. The van der Waals surface area contributed by atoms with E-state index in [1.807, 2.05) is 19.1 Å². The molecule has 0 amide bonds. The third-order valence-electron chi connectivity index (χ3n) is 2.63. The van der Waals surface area contributed by atoms with Gasteiger partial charge >= 0.3 is 0 Å². The standard InChI is InChI=1S/C12H14BrN3O2S/c1-8-4-5-11(10(13)6-8)15-19(17,18)12-7-16(3)14-9(12)2/h4-7,15H,1-3H3. The molecule has 0 spiro atoms. The van der Waals surface area contributed by atoms with Crippen molar-refractivity contribution < 1.29 is 8.42 Å². The van der Waals surface area contributed by atoms with Gasteiger partial charge in [0.25, 0.3) is 10.0 Å². The number of anilines is 1. The minimum atomic E-state index is -3.62. The zero-order valence-electron chi connectivity index (χ0n) is 10.8. The van der Waals surface area contributed by atoms with Crippen LogP contribution in [0.25, 0.3) is 0 Å². The van der Waals surface area contributed by atoms with E-state index in [4.69, 9.17) is 0 Å². The number of nitrogens with one attached hydrogen (secondary N) is 1. The lowest BCUT2D eigenvalue weighted by Crippen LogP contribution is -2.13. The summed E-state index contributed by atoms with van der Waals surface area (Å²) in [5.74, 6) is 0. The van der Waals surface area contributed by atoms with Crippen LogP contribution in [-0.4, -0.2) is 18.2 Å². The zero-order chi connectivity index (χ0) is 14.2. The molecule has 0 saturated heterocycles. The molecule has 1 heterocycles. The lowest BCUT2D eigenvalue weighted by molar-refractivity contribution is 0.600. The first-order valence-corrected chi connectivity index (χ1v) is 7.86. The Hall–Kier alpha value is -1.34. The first-order valence-electron chi connectivity index (χ1n) is 5.59. The van der Waals surface area contributed by atoms with Crippen molar-refractivity contribution in [1.29, 1.82) is 0 Å². The second-order valence-electron chi connectivity index (χ2n) is 4.34. The number of aryl methyl sites for hydroxylation is 3. The summed E-state index contributed by atoms with van der Waals surface area (Å²) in [6, 6.07) is 5.43. The molecule has 0 unspecified atom stereocenters. The summed E-state index contributed by atoms with van der Waals surface area (Å²) >= 11 is 3.35. The fourth-order valence-electron chi connectivity index (χ4n) is 1.74. The van der Waals surface area contributed by atoms with E-state index >= 15 is 0 Å². The Labute approximate surface area is 120 Å². The highest BCUT2D eigenvalue weighted by Gasteiger charge is 2.20. The number of benzene rings is 1. The van der Waals surface area contributed by atoms with Gasteiger partial charge in [-0.15, -0.1) is 0 Å². The predicted octanol–water partition coefficient (Wildman–Crippen LogP) is 2.60. The second kappa shape index (κ2) is 4.97. The van der Waals surface area contributed by atoms with Crippen molar-refractivity contribution in [2.45, 2.75) is 18.7 Å². The summed E-state index contributed by atoms with van der Waals surface area (Å²) < 4.78 is 29.3. The summed E-state index contributed by atoms with van der Waals surface area (Å²) in [5, 5.41) is 4.04. The largest absolute Gasteiger partial charge is 0.278 e. The third kappa shape index (κ3) is 2.98. The van der Waals surface area contributed by atoms with E-state index < -0.39 is 10.0 Å². The molecule has 19 heavy (non-hydrogen) atoms. The van der Waals surface area contributed by atoms with Crippen LogP contribution in [0.5, 0.6) is 0 Å². The summed E-state index contributed by atoms with van der Waals surface area (Å²) in [7, 11) is -1.93. The molecule has 0 aliphatic heterocycles. The van der Waals surface area contributed by atoms with Gasteiger partial charge in [-0.2, -0.15) is 5.10 Å². The molecule has 1 N–H and O–H groups in total. The number of hydrogen-bond donors (Lipinski definition) is 1. The molecule has 2 aromatic rings. The Balaban J connectivity index is 2.39. The van der Waals surface area contributed by atoms with Gasteiger partial charge in [0.2, 0.25) is 0 Å². The molecule has 1 aromatic heterocycles. The molecule has 5 nitrogen and oxygen atoms in total. The van der Waals surface area contributed by atoms with Crippen LogP contribution in [0.3, 0.4) is 0 Å². The predicted molar refractivity (Wildman–Crippen MR) is 77.6 cm³/mol. The van der Waals surface area contributed by atoms with E-state index in [9.17, 15) is 8.42 Å². The first-order chi connectivity index (χ1) is 8.79. The molecule has 0 saturated carbocycles. The molecule has 1 aromatic carbocycles. The molecule has 0 aliphatic carbocycles. The molecule has 0 bridgehead atoms. The Morgan fingerprint density at radius 1 is 1.32 bits per heavy atom. The number of halogens is 1. The van der Waals surface area contributed by atoms with Gasteiger partial charge in [-0.25, -0.2) is 8.42 Å². The summed E-state index contributed by atoms with van der Waals surface area (Å²) in [5.41, 5.74) is 2.03. The van der Waals surface area contributed by atoms with Crippen LogP contribution in [0, 0.1) is 13.8 Å². The lowest BCUT2D eigenvalue weighted by Gasteiger charge is -2.09. The highest BCUT2D eigenvalue weighted by atomic mass is 79.9. The SMILES string of the molecule is Cc1ccc(NS(=O)(=O)c2cn(C)nc2C)c(Br)c1. The summed E-state index contributed by atoms with van der Waals surface area (Å²) in [4.78, 5) is 0.183. The Bertz CT molecular complexity index is 723. The fraction of sp³-hybridized carbons (Fsp3) is 0.250. The Morgan fingerprint density at radius 3 is 2.53 bits per heavy atom. The van der Waals surface area contributed by atoms with E-state index in [0.717, 1.165) is 5.56 Å². The van der Waals surface area contributed by atoms with Crippen molar-refractivity contribution in [2.24, 2.45) is 7.05 Å². The van der Waals surface area contributed by atoms with Crippen LogP contribution < -0.4 is 4.72 Å². The van der Waals surface area contributed by atoms with E-state index in [1.54, 1.807) is 20.0 Å². The van der Waals surface area contributed by atoms with Crippen LogP contribution >= 0.6 is 15.9 Å². The van der Waals surface area contributed by atoms with E-state index in [1.165, 1.54) is 10.9 Å². The van der Waals surface area contributed by atoms with Crippen molar-refractivity contribution in [3.05, 3.63) is 40.1 Å². The van der Waals surface area contributed by atoms with Gasteiger partial charge in [0, 0.05) is 17.7 Å². The van der Waals surface area contributed by atoms with Crippen molar-refractivity contribution >= 4 is 31.6 Å². The second-order valence-corrected chi connectivity index (χ2v) is 6.85. The van der Waals surface area contributed by atoms with Crippen LogP contribution in [0.2, 0.25) is 0 Å². The molecule has 0 fully saturated rings. The number of rotatable bonds is 3. The molecule has 0 aliphatic rings. The van der Waals surface area contributed by atoms with Crippen LogP contribution in [0.4, 0.5) is 5.69 Å². The number of sulfonamides is 1. The normalized spacial score (nSPS) is 11.6. The van der Waals surface area contributed by atoms with E-state index in [-0.39, 0.29) is 4.90 Å².